The van der Waals surface area contributed by atoms with Gasteiger partial charge in [0.15, 0.2) is 5.75 Å². The number of aromatic nitrogens is 1. The third kappa shape index (κ3) is 6.37. The number of aliphatic hydroxyl groups is 1. The SMILES string of the molecule is CNC(=O)C(O)c1cc(OC(c2ccccc2)c2ccccc2)c(OC(c2ccccc2)c2ccccc2)c[n+]1O. The van der Waals surface area contributed by atoms with Crippen LogP contribution in [0.1, 0.15) is 46.3 Å². The number of aliphatic hydroxyl groups excluding tert-OH is 1. The van der Waals surface area contributed by atoms with Gasteiger partial charge in [0.05, 0.1) is 6.07 Å². The minimum absolute atomic E-state index is 0.0810. The van der Waals surface area contributed by atoms with E-state index in [1.165, 1.54) is 19.3 Å². The summed E-state index contributed by atoms with van der Waals surface area (Å²) in [6.07, 6.45) is -1.43. The minimum Gasteiger partial charge on any atom is -0.477 e. The number of hydrogen-bond donors (Lipinski definition) is 3. The van der Waals surface area contributed by atoms with E-state index >= 15 is 0 Å². The lowest BCUT2D eigenvalue weighted by atomic mass is 10.0. The van der Waals surface area contributed by atoms with E-state index in [1.807, 2.05) is 121 Å². The first-order valence-corrected chi connectivity index (χ1v) is 13.3. The molecule has 0 spiro atoms. The maximum Gasteiger partial charge on any atom is 0.276 e. The first-order valence-electron chi connectivity index (χ1n) is 13.3. The highest BCUT2D eigenvalue weighted by Gasteiger charge is 2.32. The lowest BCUT2D eigenvalue weighted by Crippen LogP contribution is -2.40. The molecule has 1 heterocycles. The number of nitrogens with one attached hydrogen (secondary N) is 1. The second-order valence-corrected chi connectivity index (χ2v) is 9.43. The van der Waals surface area contributed by atoms with Crippen molar-refractivity contribution in [2.45, 2.75) is 18.3 Å². The number of carbonyl (C=O) groups excluding carboxylic acids is 1. The Labute approximate surface area is 238 Å². The van der Waals surface area contributed by atoms with Crippen molar-refractivity contribution < 1.29 is 29.3 Å². The van der Waals surface area contributed by atoms with Gasteiger partial charge in [-0.15, -0.1) is 0 Å². The van der Waals surface area contributed by atoms with E-state index in [0.717, 1.165) is 22.3 Å². The topological polar surface area (TPSA) is 91.9 Å². The highest BCUT2D eigenvalue weighted by Crippen LogP contribution is 2.38. The molecule has 0 saturated heterocycles. The average Bonchev–Trinajstić information content (AvgIpc) is 3.04. The van der Waals surface area contributed by atoms with Crippen molar-refractivity contribution >= 4 is 5.91 Å². The van der Waals surface area contributed by atoms with Crippen LogP contribution in [0.3, 0.4) is 0 Å². The Bertz CT molecular complexity index is 1490. The predicted molar refractivity (Wildman–Crippen MR) is 154 cm³/mol. The van der Waals surface area contributed by atoms with Crippen LogP contribution in [0.25, 0.3) is 0 Å². The lowest BCUT2D eigenvalue weighted by Gasteiger charge is -2.24. The number of pyridine rings is 1. The van der Waals surface area contributed by atoms with E-state index in [4.69, 9.17) is 9.47 Å². The number of amides is 1. The monoisotopic (exact) mass is 547 g/mol. The molecule has 1 aromatic heterocycles. The Kier molecular flexibility index (Phi) is 8.57. The Morgan fingerprint density at radius 1 is 0.659 bits per heavy atom. The van der Waals surface area contributed by atoms with Crippen molar-refractivity contribution in [2.24, 2.45) is 0 Å². The maximum absolute atomic E-state index is 12.3. The fourth-order valence-electron chi connectivity index (χ4n) is 4.60. The second-order valence-electron chi connectivity index (χ2n) is 9.43. The third-order valence-corrected chi connectivity index (χ3v) is 6.70. The zero-order valence-corrected chi connectivity index (χ0v) is 22.5. The molecular weight excluding hydrogens is 516 g/mol. The molecule has 1 unspecified atom stereocenters. The molecule has 5 rings (SSSR count). The number of likely N-dealkylation sites (N-methyl/N-ethyl adjacent to an activating group) is 1. The maximum atomic E-state index is 12.3. The Balaban J connectivity index is 1.64. The zero-order valence-electron chi connectivity index (χ0n) is 22.5. The van der Waals surface area contributed by atoms with Crippen LogP contribution in [-0.2, 0) is 4.79 Å². The summed E-state index contributed by atoms with van der Waals surface area (Å²) in [5.41, 5.74) is 3.49. The number of hydrogen-bond acceptors (Lipinski definition) is 5. The Morgan fingerprint density at radius 3 is 1.39 bits per heavy atom. The molecule has 0 bridgehead atoms. The molecule has 7 nitrogen and oxygen atoms in total. The quantitative estimate of drug-likeness (QED) is 0.162. The second kappa shape index (κ2) is 12.8. The van der Waals surface area contributed by atoms with E-state index in [-0.39, 0.29) is 17.2 Å². The van der Waals surface area contributed by atoms with Gasteiger partial charge in [-0.1, -0.05) is 121 Å². The fourth-order valence-corrected chi connectivity index (χ4v) is 4.60. The van der Waals surface area contributed by atoms with E-state index in [2.05, 4.69) is 5.32 Å². The molecule has 1 atom stereocenters. The van der Waals surface area contributed by atoms with Gasteiger partial charge >= 0.3 is 0 Å². The van der Waals surface area contributed by atoms with E-state index in [9.17, 15) is 15.1 Å². The summed E-state index contributed by atoms with van der Waals surface area (Å²) in [5.74, 6) is -0.223. The highest BCUT2D eigenvalue weighted by atomic mass is 16.5. The Morgan fingerprint density at radius 2 is 1.02 bits per heavy atom. The van der Waals surface area contributed by atoms with Crippen LogP contribution in [0.5, 0.6) is 11.5 Å². The van der Waals surface area contributed by atoms with Crippen molar-refractivity contribution in [1.82, 2.24) is 5.32 Å². The van der Waals surface area contributed by atoms with Crippen molar-refractivity contribution in [2.75, 3.05) is 7.05 Å². The van der Waals surface area contributed by atoms with E-state index in [0.29, 0.717) is 4.73 Å². The molecule has 1 amide bonds. The molecule has 0 fully saturated rings. The van der Waals surface area contributed by atoms with Gasteiger partial charge in [0, 0.05) is 11.8 Å². The minimum atomic E-state index is -1.65. The molecule has 4 aromatic carbocycles. The largest absolute Gasteiger partial charge is 0.477 e. The van der Waals surface area contributed by atoms with Crippen LogP contribution in [-0.4, -0.2) is 23.3 Å². The molecule has 0 saturated carbocycles. The number of rotatable bonds is 10. The molecule has 206 valence electrons. The van der Waals surface area contributed by atoms with Crippen molar-refractivity contribution in [1.29, 1.82) is 0 Å². The van der Waals surface area contributed by atoms with Gasteiger partial charge < -0.3 is 19.9 Å². The third-order valence-electron chi connectivity index (χ3n) is 6.70. The predicted octanol–water partition coefficient (Wildman–Crippen LogP) is 5.33. The van der Waals surface area contributed by atoms with Crippen LogP contribution in [0.15, 0.2) is 134 Å². The van der Waals surface area contributed by atoms with Gasteiger partial charge in [-0.25, -0.2) is 0 Å². The molecule has 0 aliphatic heterocycles. The van der Waals surface area contributed by atoms with Gasteiger partial charge in [0.2, 0.25) is 11.9 Å². The van der Waals surface area contributed by atoms with Gasteiger partial charge in [-0.05, 0) is 22.3 Å². The van der Waals surface area contributed by atoms with E-state index in [1.54, 1.807) is 0 Å². The summed E-state index contributed by atoms with van der Waals surface area (Å²) in [6.45, 7) is 0. The van der Waals surface area contributed by atoms with Gasteiger partial charge in [-0.3, -0.25) is 10.0 Å². The first-order chi connectivity index (χ1) is 20.0. The van der Waals surface area contributed by atoms with Crippen molar-refractivity contribution in [3.8, 4) is 11.5 Å². The van der Waals surface area contributed by atoms with Gasteiger partial charge in [0.25, 0.3) is 17.8 Å². The summed E-state index contributed by atoms with van der Waals surface area (Å²) < 4.78 is 14.0. The molecule has 0 radical (unpaired) electrons. The van der Waals surface area contributed by atoms with Crippen LogP contribution < -0.4 is 19.5 Å². The van der Waals surface area contributed by atoms with Crippen LogP contribution in [0, 0.1) is 0 Å². The summed E-state index contributed by atoms with van der Waals surface area (Å²) in [4.78, 5) is 12.3. The molecule has 0 aliphatic rings. The summed E-state index contributed by atoms with van der Waals surface area (Å²) in [5, 5.41) is 24.0. The average molecular weight is 548 g/mol. The molecule has 41 heavy (non-hydrogen) atoms. The lowest BCUT2D eigenvalue weighted by molar-refractivity contribution is -0.911. The Hall–Kier alpha value is -5.14. The normalized spacial score (nSPS) is 11.7. The van der Waals surface area contributed by atoms with E-state index < -0.39 is 24.2 Å². The smallest absolute Gasteiger partial charge is 0.276 e. The number of nitrogens with zero attached hydrogens (tertiary/aromatic N) is 1. The van der Waals surface area contributed by atoms with Crippen molar-refractivity contribution in [3.63, 3.8) is 0 Å². The van der Waals surface area contributed by atoms with Gasteiger partial charge in [-0.2, -0.15) is 0 Å². The summed E-state index contributed by atoms with van der Waals surface area (Å²) in [7, 11) is 1.41. The highest BCUT2D eigenvalue weighted by molar-refractivity contribution is 5.80. The van der Waals surface area contributed by atoms with Crippen LogP contribution in [0.2, 0.25) is 0 Å². The fraction of sp³-hybridized carbons (Fsp3) is 0.118. The molecule has 7 heteroatoms. The number of benzene rings is 4. The zero-order chi connectivity index (χ0) is 28.6. The number of carbonyl (C=O) groups is 1. The number of ether oxygens (including phenoxy) is 2. The molecule has 0 aliphatic carbocycles. The molecule has 3 N–H and O–H groups in total. The first kappa shape index (κ1) is 27.4. The summed E-state index contributed by atoms with van der Waals surface area (Å²) in [6, 6.07) is 40.3. The molecule has 5 aromatic rings. The standard InChI is InChI=1S/C34H30N2O5/c1-35-34(38)31(37)28-22-29(40-32(24-14-6-2-7-15-24)25-16-8-3-9-17-25)30(23-36(28)39)41-33(26-18-10-4-11-19-26)27-20-12-5-13-21-27/h2-23,31-33,37H,1H3,(H-,35,38,39)/p+1. The van der Waals surface area contributed by atoms with Gasteiger partial charge in [0.1, 0.15) is 12.2 Å². The summed E-state index contributed by atoms with van der Waals surface area (Å²) >= 11 is 0. The van der Waals surface area contributed by atoms with Crippen LogP contribution in [0.4, 0.5) is 0 Å². The van der Waals surface area contributed by atoms with Crippen molar-refractivity contribution in [3.05, 3.63) is 162 Å². The van der Waals surface area contributed by atoms with Crippen LogP contribution >= 0.6 is 0 Å². The molecular formula is C34H31N2O5+.